The molecule has 1 aliphatic heterocycles. The highest BCUT2D eigenvalue weighted by Gasteiger charge is 2.16. The third kappa shape index (κ3) is 3.84. The second-order valence-electron chi connectivity index (χ2n) is 4.63. The number of nitrogens with zero attached hydrogens (tertiary/aromatic N) is 1. The molecule has 16 heavy (non-hydrogen) atoms. The van der Waals surface area contributed by atoms with Crippen LogP contribution in [0, 0.1) is 5.92 Å². The van der Waals surface area contributed by atoms with Gasteiger partial charge in [0.15, 0.2) is 0 Å². The number of rotatable bonds is 4. The van der Waals surface area contributed by atoms with Gasteiger partial charge in [-0.25, -0.2) is 0 Å². The summed E-state index contributed by atoms with van der Waals surface area (Å²) >= 11 is 5.30. The van der Waals surface area contributed by atoms with Gasteiger partial charge in [-0.1, -0.05) is 0 Å². The predicted molar refractivity (Wildman–Crippen MR) is 73.9 cm³/mol. The standard InChI is InChI=1S/C12H19BrN2S/c1-15-4-2-3-10(8-15)6-14-7-12-5-11(13)9-16-12/h5,9-10,14H,2-4,6-8H2,1H3. The predicted octanol–water partition coefficient (Wildman–Crippen LogP) is 2.94. The Balaban J connectivity index is 1.67. The van der Waals surface area contributed by atoms with Crippen LogP contribution in [0.5, 0.6) is 0 Å². The van der Waals surface area contributed by atoms with E-state index in [1.54, 1.807) is 0 Å². The molecule has 90 valence electrons. The van der Waals surface area contributed by atoms with Crippen LogP contribution in [0.1, 0.15) is 17.7 Å². The summed E-state index contributed by atoms with van der Waals surface area (Å²) in [4.78, 5) is 3.86. The van der Waals surface area contributed by atoms with Crippen LogP contribution in [0.2, 0.25) is 0 Å². The molecule has 1 atom stereocenters. The van der Waals surface area contributed by atoms with Crippen LogP contribution in [0.4, 0.5) is 0 Å². The molecule has 1 saturated heterocycles. The molecule has 2 heterocycles. The van der Waals surface area contributed by atoms with Crippen molar-refractivity contribution in [2.45, 2.75) is 19.4 Å². The zero-order valence-electron chi connectivity index (χ0n) is 9.71. The molecule has 0 bridgehead atoms. The smallest absolute Gasteiger partial charge is 0.0300 e. The lowest BCUT2D eigenvalue weighted by atomic mass is 9.98. The molecule has 1 aromatic rings. The molecule has 4 heteroatoms. The number of likely N-dealkylation sites (tertiary alicyclic amines) is 1. The van der Waals surface area contributed by atoms with Crippen molar-refractivity contribution in [3.63, 3.8) is 0 Å². The Morgan fingerprint density at radius 3 is 3.19 bits per heavy atom. The average Bonchev–Trinajstić information content (AvgIpc) is 2.64. The fourth-order valence-electron chi connectivity index (χ4n) is 2.29. The summed E-state index contributed by atoms with van der Waals surface area (Å²) in [6, 6.07) is 2.20. The van der Waals surface area contributed by atoms with E-state index in [4.69, 9.17) is 0 Å². The molecular formula is C12H19BrN2S. The van der Waals surface area contributed by atoms with Crippen molar-refractivity contribution in [2.24, 2.45) is 5.92 Å². The molecule has 0 aromatic carbocycles. The quantitative estimate of drug-likeness (QED) is 0.920. The Hall–Kier alpha value is 0.1000. The number of hydrogen-bond donors (Lipinski definition) is 1. The highest BCUT2D eigenvalue weighted by Crippen LogP contribution is 2.20. The van der Waals surface area contributed by atoms with E-state index in [1.807, 2.05) is 11.3 Å². The van der Waals surface area contributed by atoms with Crippen molar-refractivity contribution in [2.75, 3.05) is 26.7 Å². The summed E-state index contributed by atoms with van der Waals surface area (Å²) in [5, 5.41) is 5.71. The summed E-state index contributed by atoms with van der Waals surface area (Å²) in [6.07, 6.45) is 2.73. The van der Waals surface area contributed by atoms with E-state index in [9.17, 15) is 0 Å². The zero-order chi connectivity index (χ0) is 11.4. The molecular weight excluding hydrogens is 284 g/mol. The number of piperidine rings is 1. The molecule has 1 aliphatic rings. The Bertz CT molecular complexity index is 327. The van der Waals surface area contributed by atoms with Crippen molar-refractivity contribution < 1.29 is 0 Å². The van der Waals surface area contributed by atoms with Crippen LogP contribution in [0.15, 0.2) is 15.9 Å². The van der Waals surface area contributed by atoms with E-state index in [2.05, 4.69) is 44.6 Å². The fraction of sp³-hybridized carbons (Fsp3) is 0.667. The summed E-state index contributed by atoms with van der Waals surface area (Å²) in [5.74, 6) is 0.835. The van der Waals surface area contributed by atoms with Gasteiger partial charge in [0.05, 0.1) is 0 Å². The van der Waals surface area contributed by atoms with Gasteiger partial charge in [0.25, 0.3) is 0 Å². The van der Waals surface area contributed by atoms with Crippen molar-refractivity contribution in [1.29, 1.82) is 0 Å². The Labute approximate surface area is 110 Å². The molecule has 2 rings (SSSR count). The van der Waals surface area contributed by atoms with Gasteiger partial charge < -0.3 is 10.2 Å². The van der Waals surface area contributed by atoms with E-state index >= 15 is 0 Å². The molecule has 2 nitrogen and oxygen atoms in total. The summed E-state index contributed by atoms with van der Waals surface area (Å²) < 4.78 is 1.20. The summed E-state index contributed by atoms with van der Waals surface area (Å²) in [6.45, 7) is 4.69. The van der Waals surface area contributed by atoms with E-state index in [0.29, 0.717) is 0 Å². The molecule has 1 aromatic heterocycles. The molecule has 0 spiro atoms. The third-order valence-electron chi connectivity index (χ3n) is 3.08. The Morgan fingerprint density at radius 2 is 2.50 bits per heavy atom. The normalized spacial score (nSPS) is 22.5. The van der Waals surface area contributed by atoms with Crippen LogP contribution in [0.3, 0.4) is 0 Å². The highest BCUT2D eigenvalue weighted by atomic mass is 79.9. The van der Waals surface area contributed by atoms with E-state index in [-0.39, 0.29) is 0 Å². The van der Waals surface area contributed by atoms with Gasteiger partial charge in [-0.05, 0) is 60.9 Å². The number of hydrogen-bond acceptors (Lipinski definition) is 3. The first-order valence-electron chi connectivity index (χ1n) is 5.86. The minimum Gasteiger partial charge on any atom is -0.312 e. The van der Waals surface area contributed by atoms with Gasteiger partial charge in [-0.3, -0.25) is 0 Å². The minimum absolute atomic E-state index is 0.835. The first-order valence-corrected chi connectivity index (χ1v) is 7.53. The topological polar surface area (TPSA) is 15.3 Å². The van der Waals surface area contributed by atoms with E-state index in [0.717, 1.165) is 19.0 Å². The van der Waals surface area contributed by atoms with Crippen molar-refractivity contribution in [1.82, 2.24) is 10.2 Å². The van der Waals surface area contributed by atoms with Crippen LogP contribution in [-0.4, -0.2) is 31.6 Å². The Kier molecular flexibility index (Phi) is 4.82. The summed E-state index contributed by atoms with van der Waals surface area (Å²) in [5.41, 5.74) is 0. The van der Waals surface area contributed by atoms with Gasteiger partial charge >= 0.3 is 0 Å². The van der Waals surface area contributed by atoms with Crippen LogP contribution in [-0.2, 0) is 6.54 Å². The number of thiophene rings is 1. The molecule has 0 saturated carbocycles. The lowest BCUT2D eigenvalue weighted by molar-refractivity contribution is 0.206. The average molecular weight is 303 g/mol. The van der Waals surface area contributed by atoms with Gasteiger partial charge in [0.2, 0.25) is 0 Å². The van der Waals surface area contributed by atoms with Gasteiger partial charge in [-0.15, -0.1) is 11.3 Å². The second kappa shape index (κ2) is 6.15. The van der Waals surface area contributed by atoms with Crippen molar-refractivity contribution in [3.05, 3.63) is 20.8 Å². The molecule has 1 fully saturated rings. The SMILES string of the molecule is CN1CCCC(CNCc2cc(Br)cs2)C1. The zero-order valence-corrected chi connectivity index (χ0v) is 12.1. The van der Waals surface area contributed by atoms with Crippen LogP contribution >= 0.6 is 27.3 Å². The second-order valence-corrected chi connectivity index (χ2v) is 6.54. The van der Waals surface area contributed by atoms with Crippen molar-refractivity contribution >= 4 is 27.3 Å². The van der Waals surface area contributed by atoms with Crippen LogP contribution < -0.4 is 5.32 Å². The largest absolute Gasteiger partial charge is 0.312 e. The molecule has 0 radical (unpaired) electrons. The van der Waals surface area contributed by atoms with E-state index in [1.165, 1.54) is 35.3 Å². The first kappa shape index (κ1) is 12.6. The Morgan fingerprint density at radius 1 is 1.62 bits per heavy atom. The molecule has 0 amide bonds. The fourth-order valence-corrected chi connectivity index (χ4v) is 3.71. The van der Waals surface area contributed by atoms with Gasteiger partial charge in [0, 0.05) is 27.8 Å². The monoisotopic (exact) mass is 302 g/mol. The lowest BCUT2D eigenvalue weighted by Crippen LogP contribution is -2.37. The van der Waals surface area contributed by atoms with E-state index < -0.39 is 0 Å². The van der Waals surface area contributed by atoms with Gasteiger partial charge in [0.1, 0.15) is 0 Å². The lowest BCUT2D eigenvalue weighted by Gasteiger charge is -2.29. The third-order valence-corrected chi connectivity index (χ3v) is 4.77. The maximum absolute atomic E-state index is 3.57. The molecule has 1 unspecified atom stereocenters. The number of nitrogens with one attached hydrogen (secondary N) is 1. The number of halogens is 1. The minimum atomic E-state index is 0.835. The first-order chi connectivity index (χ1) is 7.74. The van der Waals surface area contributed by atoms with Gasteiger partial charge in [-0.2, -0.15) is 0 Å². The highest BCUT2D eigenvalue weighted by molar-refractivity contribution is 9.10. The summed E-state index contributed by atoms with van der Waals surface area (Å²) in [7, 11) is 2.22. The van der Waals surface area contributed by atoms with Crippen LogP contribution in [0.25, 0.3) is 0 Å². The maximum atomic E-state index is 3.57. The molecule has 1 N–H and O–H groups in total. The maximum Gasteiger partial charge on any atom is 0.0300 e. The molecule has 0 aliphatic carbocycles. The van der Waals surface area contributed by atoms with Crippen molar-refractivity contribution in [3.8, 4) is 0 Å².